The average molecular weight is 175 g/mol. The molecule has 0 fully saturated rings. The normalized spacial score (nSPS) is 23.6. The molecule has 4 nitrogen and oxygen atoms in total. The van der Waals surface area contributed by atoms with Crippen LogP contribution in [0.25, 0.3) is 0 Å². The Kier molecular flexibility index (Phi) is 2.41. The molecule has 1 heterocycles. The van der Waals surface area contributed by atoms with Gasteiger partial charge in [-0.2, -0.15) is 0 Å². The molecule has 11 heavy (non-hydrogen) atoms. The topological polar surface area (TPSA) is 69.6 Å². The van der Waals surface area contributed by atoms with Crippen LogP contribution in [0.4, 0.5) is 0 Å². The summed E-state index contributed by atoms with van der Waals surface area (Å²) in [5.41, 5.74) is -0.815. The zero-order chi connectivity index (χ0) is 8.43. The number of thioether (sulfide) groups is 1. The molecule has 0 aliphatic carbocycles. The summed E-state index contributed by atoms with van der Waals surface area (Å²) < 4.78 is 0. The largest absolute Gasteiger partial charge is 0.494 e. The van der Waals surface area contributed by atoms with E-state index in [0.29, 0.717) is 4.91 Å². The van der Waals surface area contributed by atoms with Crippen molar-refractivity contribution in [2.45, 2.75) is 18.9 Å². The zero-order valence-corrected chi connectivity index (χ0v) is 6.81. The van der Waals surface area contributed by atoms with Gasteiger partial charge < -0.3 is 15.5 Å². The van der Waals surface area contributed by atoms with Gasteiger partial charge in [0.05, 0.1) is 4.91 Å². The Hall–Kier alpha value is -0.680. The van der Waals surface area contributed by atoms with Crippen LogP contribution in [-0.4, -0.2) is 21.6 Å². The van der Waals surface area contributed by atoms with Crippen molar-refractivity contribution in [2.75, 3.05) is 0 Å². The van der Waals surface area contributed by atoms with Crippen LogP contribution in [0, 0.1) is 0 Å². The quantitative estimate of drug-likeness (QED) is 0.563. The molecule has 0 aromatic rings. The van der Waals surface area contributed by atoms with Gasteiger partial charge in [-0.3, -0.25) is 4.79 Å². The van der Waals surface area contributed by atoms with Gasteiger partial charge in [-0.15, -0.1) is 0 Å². The first-order chi connectivity index (χ1) is 5.09. The lowest BCUT2D eigenvalue weighted by Crippen LogP contribution is -2.18. The molecule has 3 N–H and O–H groups in total. The predicted molar refractivity (Wildman–Crippen MR) is 41.7 cm³/mol. The Morgan fingerprint density at radius 1 is 1.82 bits per heavy atom. The van der Waals surface area contributed by atoms with E-state index in [1.165, 1.54) is 6.92 Å². The molecule has 0 amide bonds. The Morgan fingerprint density at radius 2 is 2.45 bits per heavy atom. The van der Waals surface area contributed by atoms with Crippen LogP contribution in [0.3, 0.4) is 0 Å². The number of aliphatic hydroxyl groups excluding tert-OH is 2. The summed E-state index contributed by atoms with van der Waals surface area (Å²) in [6.45, 7) is 1.44. The van der Waals surface area contributed by atoms with E-state index in [1.54, 1.807) is 0 Å². The van der Waals surface area contributed by atoms with E-state index in [4.69, 9.17) is 10.2 Å². The van der Waals surface area contributed by atoms with E-state index in [-0.39, 0.29) is 18.1 Å². The minimum absolute atomic E-state index is 0.0325. The fourth-order valence-electron chi connectivity index (χ4n) is 0.769. The molecule has 0 saturated carbocycles. The summed E-state index contributed by atoms with van der Waals surface area (Å²) in [6.07, 6.45) is 0.181. The number of hydrogen-bond donors (Lipinski definition) is 3. The Labute approximate surface area is 68.3 Å². The van der Waals surface area contributed by atoms with Crippen LogP contribution in [-0.2, 0) is 4.79 Å². The molecule has 0 spiro atoms. The van der Waals surface area contributed by atoms with E-state index in [0.717, 1.165) is 11.8 Å². The van der Waals surface area contributed by atoms with Gasteiger partial charge in [0.2, 0.25) is 0 Å². The maximum absolute atomic E-state index is 10.6. The molecule has 1 unspecified atom stereocenters. The van der Waals surface area contributed by atoms with E-state index in [2.05, 4.69) is 5.32 Å². The number of carbonyl (C=O) groups is 1. The highest BCUT2D eigenvalue weighted by molar-refractivity contribution is 8.03. The highest BCUT2D eigenvalue weighted by Gasteiger charge is 2.22. The van der Waals surface area contributed by atoms with Gasteiger partial charge in [0, 0.05) is 6.42 Å². The number of carbonyl (C=O) groups excluding carboxylic acids is 1. The molecule has 0 bridgehead atoms. The van der Waals surface area contributed by atoms with Crippen molar-refractivity contribution in [3.8, 4) is 0 Å². The zero-order valence-electron chi connectivity index (χ0n) is 6.00. The lowest BCUT2D eigenvalue weighted by atomic mass is 10.3. The molecule has 1 aliphatic heterocycles. The molecule has 5 heteroatoms. The summed E-state index contributed by atoms with van der Waals surface area (Å²) in [7, 11) is 0. The lowest BCUT2D eigenvalue weighted by molar-refractivity contribution is -0.116. The number of rotatable bonds is 2. The van der Waals surface area contributed by atoms with Crippen LogP contribution >= 0.6 is 11.8 Å². The van der Waals surface area contributed by atoms with E-state index in [1.807, 2.05) is 0 Å². The van der Waals surface area contributed by atoms with Gasteiger partial charge in [0.1, 0.15) is 5.78 Å². The SMILES string of the molecule is CC(=O)CC1=C(O)NC(O)S1. The molecular formula is C6H9NO3S. The average Bonchev–Trinajstić information content (AvgIpc) is 2.09. The maximum atomic E-state index is 10.6. The van der Waals surface area contributed by atoms with E-state index >= 15 is 0 Å². The summed E-state index contributed by atoms with van der Waals surface area (Å²) in [5, 5.41) is 20.3. The summed E-state index contributed by atoms with van der Waals surface area (Å²) in [5.74, 6) is -0.118. The van der Waals surface area contributed by atoms with Crippen LogP contribution in [0.1, 0.15) is 13.3 Å². The first kappa shape index (κ1) is 8.42. The predicted octanol–water partition coefficient (Wildman–Crippen LogP) is 0.305. The van der Waals surface area contributed by atoms with Gasteiger partial charge >= 0.3 is 0 Å². The second-order valence-electron chi connectivity index (χ2n) is 2.27. The second-order valence-corrected chi connectivity index (χ2v) is 3.44. The maximum Gasteiger partial charge on any atom is 0.197 e. The molecule has 1 atom stereocenters. The smallest absolute Gasteiger partial charge is 0.197 e. The Balaban J connectivity index is 2.57. The third-order valence-corrected chi connectivity index (χ3v) is 2.15. The van der Waals surface area contributed by atoms with Crippen molar-refractivity contribution < 1.29 is 15.0 Å². The summed E-state index contributed by atoms with van der Waals surface area (Å²) in [6, 6.07) is 0. The third-order valence-electron chi connectivity index (χ3n) is 1.19. The number of aliphatic hydroxyl groups is 2. The molecule has 0 saturated heterocycles. The van der Waals surface area contributed by atoms with Gasteiger partial charge in [0.25, 0.3) is 0 Å². The first-order valence-electron chi connectivity index (χ1n) is 3.12. The van der Waals surface area contributed by atoms with E-state index < -0.39 is 5.56 Å². The minimum Gasteiger partial charge on any atom is -0.494 e. The molecule has 0 aromatic carbocycles. The fraction of sp³-hybridized carbons (Fsp3) is 0.500. The number of ketones is 1. The lowest BCUT2D eigenvalue weighted by Gasteiger charge is -1.98. The van der Waals surface area contributed by atoms with Gasteiger partial charge in [-0.1, -0.05) is 11.8 Å². The van der Waals surface area contributed by atoms with Crippen molar-refractivity contribution in [1.82, 2.24) is 5.32 Å². The van der Waals surface area contributed by atoms with Crippen LogP contribution in [0.5, 0.6) is 0 Å². The molecule has 1 aliphatic rings. The van der Waals surface area contributed by atoms with Crippen molar-refractivity contribution in [3.05, 3.63) is 10.8 Å². The molecule has 0 radical (unpaired) electrons. The molecular weight excluding hydrogens is 166 g/mol. The Morgan fingerprint density at radius 3 is 2.82 bits per heavy atom. The monoisotopic (exact) mass is 175 g/mol. The van der Waals surface area contributed by atoms with E-state index in [9.17, 15) is 4.79 Å². The Bertz CT molecular complexity index is 214. The molecule has 62 valence electrons. The number of nitrogens with one attached hydrogen (secondary N) is 1. The highest BCUT2D eigenvalue weighted by Crippen LogP contribution is 2.29. The summed E-state index contributed by atoms with van der Waals surface area (Å²) in [4.78, 5) is 11.1. The molecule has 0 aromatic heterocycles. The van der Waals surface area contributed by atoms with Gasteiger partial charge in [-0.25, -0.2) is 0 Å². The minimum atomic E-state index is -0.815. The van der Waals surface area contributed by atoms with Gasteiger partial charge in [0.15, 0.2) is 11.4 Å². The number of allylic oxidation sites excluding steroid dienone is 1. The van der Waals surface area contributed by atoms with Crippen LogP contribution in [0.15, 0.2) is 10.8 Å². The summed E-state index contributed by atoms with van der Waals surface area (Å²) >= 11 is 1.06. The van der Waals surface area contributed by atoms with Crippen LogP contribution in [0.2, 0.25) is 0 Å². The third kappa shape index (κ3) is 2.13. The standard InChI is InChI=1S/C6H9NO3S/c1-3(8)2-4-5(9)7-6(10)11-4/h6-7,9-10H,2H2,1H3. The fourth-order valence-corrected chi connectivity index (χ4v) is 1.67. The van der Waals surface area contributed by atoms with Crippen molar-refractivity contribution in [2.24, 2.45) is 0 Å². The van der Waals surface area contributed by atoms with Crippen molar-refractivity contribution in [1.29, 1.82) is 0 Å². The number of Topliss-reactive ketones (excluding diaryl/α,β-unsaturated/α-hetero) is 1. The second kappa shape index (κ2) is 3.15. The first-order valence-corrected chi connectivity index (χ1v) is 4.00. The van der Waals surface area contributed by atoms with Gasteiger partial charge in [-0.05, 0) is 6.92 Å². The number of hydrogen-bond acceptors (Lipinski definition) is 5. The van der Waals surface area contributed by atoms with Crippen molar-refractivity contribution in [3.63, 3.8) is 0 Å². The van der Waals surface area contributed by atoms with Crippen LogP contribution < -0.4 is 5.32 Å². The highest BCUT2D eigenvalue weighted by atomic mass is 32.2. The van der Waals surface area contributed by atoms with Crippen molar-refractivity contribution >= 4 is 17.5 Å². The molecule has 1 rings (SSSR count).